The molecule has 1 aliphatic heterocycles. The van der Waals surface area contributed by atoms with Gasteiger partial charge in [-0.2, -0.15) is 0 Å². The minimum atomic E-state index is -0.485. The number of carbonyl (C=O) groups excluding carboxylic acids is 1. The number of aliphatic hydroxyl groups is 1. The van der Waals surface area contributed by atoms with Crippen LogP contribution in [0.15, 0.2) is 11.1 Å². The molecule has 0 aromatic carbocycles. The Labute approximate surface area is 78.0 Å². The molecule has 1 rings (SSSR count). The van der Waals surface area contributed by atoms with Crippen molar-refractivity contribution in [1.29, 1.82) is 0 Å². The van der Waals surface area contributed by atoms with Crippen molar-refractivity contribution in [2.75, 3.05) is 19.6 Å². The Balaban J connectivity index is 2.39. The smallest absolute Gasteiger partial charge is 0.247 e. The van der Waals surface area contributed by atoms with E-state index in [4.69, 9.17) is 5.11 Å². The molecule has 1 heterocycles. The molecular weight excluding hydrogens is 168 g/mol. The number of amides is 1. The van der Waals surface area contributed by atoms with Gasteiger partial charge in [0.25, 0.3) is 0 Å². The first kappa shape index (κ1) is 10.2. The lowest BCUT2D eigenvalue weighted by Crippen LogP contribution is -2.38. The van der Waals surface area contributed by atoms with E-state index in [1.807, 2.05) is 6.92 Å². The summed E-state index contributed by atoms with van der Waals surface area (Å²) in [5.41, 5.74) is 1.93. The van der Waals surface area contributed by atoms with Gasteiger partial charge in [0.2, 0.25) is 5.91 Å². The summed E-state index contributed by atoms with van der Waals surface area (Å²) in [7, 11) is 0. The summed E-state index contributed by atoms with van der Waals surface area (Å²) in [5, 5.41) is 14.7. The van der Waals surface area contributed by atoms with Crippen LogP contribution in [0.2, 0.25) is 0 Å². The molecule has 0 aromatic rings. The first-order valence-corrected chi connectivity index (χ1v) is 4.47. The molecular formula is C9H16N2O2. The number of hydrogen-bond donors (Lipinski definition) is 3. The second kappa shape index (κ2) is 4.39. The molecule has 0 aromatic heterocycles. The summed E-state index contributed by atoms with van der Waals surface area (Å²) in [6, 6.07) is 0. The van der Waals surface area contributed by atoms with Crippen LogP contribution < -0.4 is 10.6 Å². The van der Waals surface area contributed by atoms with E-state index in [-0.39, 0.29) is 5.91 Å². The highest BCUT2D eigenvalue weighted by Gasteiger charge is 2.15. The fourth-order valence-electron chi connectivity index (χ4n) is 1.05. The van der Waals surface area contributed by atoms with Gasteiger partial charge in [-0.05, 0) is 19.4 Å². The number of hydrogen-bond acceptors (Lipinski definition) is 3. The molecule has 0 bridgehead atoms. The largest absolute Gasteiger partial charge is 0.392 e. The lowest BCUT2D eigenvalue weighted by Gasteiger charge is -2.21. The van der Waals surface area contributed by atoms with Crippen molar-refractivity contribution in [2.45, 2.75) is 20.0 Å². The summed E-state index contributed by atoms with van der Waals surface area (Å²) < 4.78 is 0. The second-order valence-corrected chi connectivity index (χ2v) is 3.39. The minimum Gasteiger partial charge on any atom is -0.392 e. The molecule has 1 unspecified atom stereocenters. The molecule has 1 saturated heterocycles. The van der Waals surface area contributed by atoms with E-state index in [0.717, 1.165) is 24.2 Å². The van der Waals surface area contributed by atoms with E-state index in [0.29, 0.717) is 6.54 Å². The van der Waals surface area contributed by atoms with Gasteiger partial charge in [0.1, 0.15) is 0 Å². The molecule has 1 aliphatic rings. The van der Waals surface area contributed by atoms with Gasteiger partial charge in [0, 0.05) is 25.2 Å². The fourth-order valence-corrected chi connectivity index (χ4v) is 1.05. The molecule has 0 saturated carbocycles. The van der Waals surface area contributed by atoms with Crippen molar-refractivity contribution in [3.05, 3.63) is 11.1 Å². The maximum absolute atomic E-state index is 11.4. The summed E-state index contributed by atoms with van der Waals surface area (Å²) in [6.45, 7) is 5.40. The van der Waals surface area contributed by atoms with E-state index in [9.17, 15) is 4.79 Å². The van der Waals surface area contributed by atoms with Gasteiger partial charge in [-0.1, -0.05) is 0 Å². The van der Waals surface area contributed by atoms with Crippen LogP contribution in [-0.4, -0.2) is 36.8 Å². The lowest BCUT2D eigenvalue weighted by molar-refractivity contribution is -0.117. The number of carbonyl (C=O) groups is 1. The zero-order chi connectivity index (χ0) is 9.84. The highest BCUT2D eigenvalue weighted by atomic mass is 16.3. The third-order valence-electron chi connectivity index (χ3n) is 2.11. The Bertz CT molecular complexity index is 228. The molecule has 0 aliphatic carbocycles. The number of rotatable bonds is 3. The van der Waals surface area contributed by atoms with Gasteiger partial charge >= 0.3 is 0 Å². The van der Waals surface area contributed by atoms with E-state index in [1.165, 1.54) is 0 Å². The van der Waals surface area contributed by atoms with Gasteiger partial charge < -0.3 is 15.7 Å². The summed E-state index contributed by atoms with van der Waals surface area (Å²) in [6.07, 6.45) is -0.485. The Morgan fingerprint density at radius 2 is 2.31 bits per heavy atom. The average Bonchev–Trinajstić information content (AvgIpc) is 1.96. The molecule has 4 nitrogen and oxygen atoms in total. The van der Waals surface area contributed by atoms with Crippen molar-refractivity contribution in [3.63, 3.8) is 0 Å². The minimum absolute atomic E-state index is 0.0719. The maximum Gasteiger partial charge on any atom is 0.247 e. The van der Waals surface area contributed by atoms with Gasteiger partial charge in [0.05, 0.1) is 6.10 Å². The van der Waals surface area contributed by atoms with Crippen molar-refractivity contribution in [1.82, 2.24) is 10.6 Å². The normalized spacial score (nSPS) is 17.6. The van der Waals surface area contributed by atoms with Crippen molar-refractivity contribution < 1.29 is 9.90 Å². The van der Waals surface area contributed by atoms with Crippen LogP contribution in [0.5, 0.6) is 0 Å². The summed E-state index contributed by atoms with van der Waals surface area (Å²) in [4.78, 5) is 11.4. The van der Waals surface area contributed by atoms with Crippen molar-refractivity contribution >= 4 is 5.91 Å². The van der Waals surface area contributed by atoms with Gasteiger partial charge in [-0.15, -0.1) is 0 Å². The second-order valence-electron chi connectivity index (χ2n) is 3.39. The van der Waals surface area contributed by atoms with E-state index in [2.05, 4.69) is 10.6 Å². The lowest BCUT2D eigenvalue weighted by atomic mass is 10.0. The van der Waals surface area contributed by atoms with Crippen LogP contribution >= 0.6 is 0 Å². The van der Waals surface area contributed by atoms with E-state index < -0.39 is 6.10 Å². The highest BCUT2D eigenvalue weighted by Crippen LogP contribution is 2.08. The SMILES string of the molecule is CC(C(=O)NCC(C)O)=C1CNC1. The van der Waals surface area contributed by atoms with Crippen molar-refractivity contribution in [2.24, 2.45) is 0 Å². The predicted molar refractivity (Wildman–Crippen MR) is 50.3 cm³/mol. The molecule has 1 fully saturated rings. The Morgan fingerprint density at radius 3 is 2.69 bits per heavy atom. The monoisotopic (exact) mass is 184 g/mol. The Hall–Kier alpha value is -0.870. The molecule has 74 valence electrons. The molecule has 3 N–H and O–H groups in total. The standard InChI is InChI=1S/C9H16N2O2/c1-6(12)3-11-9(13)7(2)8-4-10-5-8/h6,10,12H,3-5H2,1-2H3,(H,11,13). The molecule has 0 radical (unpaired) electrons. The average molecular weight is 184 g/mol. The molecule has 0 spiro atoms. The Kier molecular flexibility index (Phi) is 3.45. The third-order valence-corrected chi connectivity index (χ3v) is 2.11. The fraction of sp³-hybridized carbons (Fsp3) is 0.667. The van der Waals surface area contributed by atoms with Crippen molar-refractivity contribution in [3.8, 4) is 0 Å². The first-order chi connectivity index (χ1) is 6.11. The molecule has 4 heteroatoms. The summed E-state index contributed by atoms with van der Waals surface area (Å²) >= 11 is 0. The predicted octanol–water partition coefficient (Wildman–Crippen LogP) is -0.597. The van der Waals surface area contributed by atoms with Gasteiger partial charge in [-0.3, -0.25) is 4.79 Å². The van der Waals surface area contributed by atoms with Crippen LogP contribution in [0.25, 0.3) is 0 Å². The quantitative estimate of drug-likeness (QED) is 0.513. The summed E-state index contributed by atoms with van der Waals surface area (Å²) in [5.74, 6) is -0.0719. The van der Waals surface area contributed by atoms with Gasteiger partial charge in [-0.25, -0.2) is 0 Å². The van der Waals surface area contributed by atoms with E-state index >= 15 is 0 Å². The zero-order valence-corrected chi connectivity index (χ0v) is 8.05. The highest BCUT2D eigenvalue weighted by molar-refractivity contribution is 5.93. The number of aliphatic hydroxyl groups excluding tert-OH is 1. The van der Waals surface area contributed by atoms with Crippen LogP contribution in [-0.2, 0) is 4.79 Å². The van der Waals surface area contributed by atoms with Crippen LogP contribution in [0, 0.1) is 0 Å². The molecule has 13 heavy (non-hydrogen) atoms. The van der Waals surface area contributed by atoms with Gasteiger partial charge in [0.15, 0.2) is 0 Å². The maximum atomic E-state index is 11.4. The third kappa shape index (κ3) is 2.82. The first-order valence-electron chi connectivity index (χ1n) is 4.47. The van der Waals surface area contributed by atoms with Crippen LogP contribution in [0.3, 0.4) is 0 Å². The van der Waals surface area contributed by atoms with E-state index in [1.54, 1.807) is 6.92 Å². The Morgan fingerprint density at radius 1 is 1.69 bits per heavy atom. The zero-order valence-electron chi connectivity index (χ0n) is 8.05. The molecule has 1 amide bonds. The number of nitrogens with one attached hydrogen (secondary N) is 2. The topological polar surface area (TPSA) is 61.4 Å². The van der Waals surface area contributed by atoms with Crippen LogP contribution in [0.4, 0.5) is 0 Å². The molecule has 1 atom stereocenters. The van der Waals surface area contributed by atoms with Crippen LogP contribution in [0.1, 0.15) is 13.8 Å².